The van der Waals surface area contributed by atoms with Crippen LogP contribution in [0.2, 0.25) is 0 Å². The van der Waals surface area contributed by atoms with Crippen molar-refractivity contribution in [2.45, 2.75) is 0 Å². The molecule has 0 N–H and O–H groups in total. The van der Waals surface area contributed by atoms with Crippen LogP contribution in [0, 0.1) is 0 Å². The van der Waals surface area contributed by atoms with Gasteiger partial charge in [0.25, 0.3) is 0 Å². The van der Waals surface area contributed by atoms with Gasteiger partial charge in [0.2, 0.25) is 0 Å². The molecule has 1 amide bonds. The third-order valence-electron chi connectivity index (χ3n) is 2.94. The average Bonchev–Trinajstić information content (AvgIpc) is 2.96. The third-order valence-corrected chi connectivity index (χ3v) is 3.74. The fourth-order valence-corrected chi connectivity index (χ4v) is 2.72. The smallest absolute Gasteiger partial charge is 0.418 e. The van der Waals surface area contributed by atoms with Crippen molar-refractivity contribution in [3.05, 3.63) is 54.0 Å². The highest BCUT2D eigenvalue weighted by Crippen LogP contribution is 2.30. The van der Waals surface area contributed by atoms with Crippen LogP contribution < -0.4 is 4.90 Å². The number of rotatable bonds is 2. The number of para-hydroxylation sites is 1. The second kappa shape index (κ2) is 5.30. The predicted molar refractivity (Wildman–Crippen MR) is 80.6 cm³/mol. The maximum atomic E-state index is 12.1. The van der Waals surface area contributed by atoms with Crippen LogP contribution in [0.25, 0.3) is 10.2 Å². The zero-order valence-corrected chi connectivity index (χ0v) is 11.6. The number of carbonyl (C=O) groups is 1. The Morgan fingerprint density at radius 1 is 1.15 bits per heavy atom. The molecule has 5 heteroatoms. The lowest BCUT2D eigenvalue weighted by Gasteiger charge is -2.21. The summed E-state index contributed by atoms with van der Waals surface area (Å²) in [5, 5.41) is 0. The summed E-state index contributed by atoms with van der Waals surface area (Å²) in [6, 6.07) is 15.1. The van der Waals surface area contributed by atoms with Gasteiger partial charge in [-0.25, -0.2) is 14.7 Å². The van der Waals surface area contributed by atoms with Crippen LogP contribution in [-0.4, -0.2) is 18.2 Å². The molecule has 1 heterocycles. The van der Waals surface area contributed by atoms with Gasteiger partial charge in [0.1, 0.15) is 0 Å². The minimum Gasteiger partial charge on any atom is -0.452 e. The van der Waals surface area contributed by atoms with Gasteiger partial charge < -0.3 is 4.74 Å². The lowest BCUT2D eigenvalue weighted by Crippen LogP contribution is -2.25. The standard InChI is InChI=1S/C15H12N2O2S/c1-19-15(18)17(11-5-3-2-4-6-11)12-7-8-13-14(9-12)20-10-16-13/h2-10H,1H3. The van der Waals surface area contributed by atoms with Crippen molar-refractivity contribution in [1.82, 2.24) is 4.98 Å². The van der Waals surface area contributed by atoms with Gasteiger partial charge in [0.15, 0.2) is 0 Å². The Bertz CT molecular complexity index is 740. The molecular weight excluding hydrogens is 272 g/mol. The molecule has 100 valence electrons. The largest absolute Gasteiger partial charge is 0.452 e. The molecule has 0 aliphatic rings. The van der Waals surface area contributed by atoms with Crippen molar-refractivity contribution in [3.8, 4) is 0 Å². The number of thiazole rings is 1. The molecule has 0 spiro atoms. The maximum Gasteiger partial charge on any atom is 0.418 e. The van der Waals surface area contributed by atoms with E-state index in [1.54, 1.807) is 21.7 Å². The van der Waals surface area contributed by atoms with Crippen LogP contribution in [0.5, 0.6) is 0 Å². The van der Waals surface area contributed by atoms with E-state index in [0.717, 1.165) is 21.6 Å². The van der Waals surface area contributed by atoms with Crippen molar-refractivity contribution >= 4 is 39.0 Å². The SMILES string of the molecule is COC(=O)N(c1ccccc1)c1ccc2ncsc2c1. The van der Waals surface area contributed by atoms with Crippen LogP contribution in [0.3, 0.4) is 0 Å². The molecule has 0 aliphatic heterocycles. The highest BCUT2D eigenvalue weighted by molar-refractivity contribution is 7.16. The first-order valence-corrected chi connectivity index (χ1v) is 6.94. The molecule has 1 aromatic heterocycles. The number of anilines is 2. The van der Waals surface area contributed by atoms with E-state index in [2.05, 4.69) is 4.98 Å². The Morgan fingerprint density at radius 3 is 2.70 bits per heavy atom. The molecule has 2 aromatic carbocycles. The van der Waals surface area contributed by atoms with E-state index in [9.17, 15) is 4.79 Å². The molecule has 20 heavy (non-hydrogen) atoms. The quantitative estimate of drug-likeness (QED) is 0.708. The van der Waals surface area contributed by atoms with Gasteiger partial charge in [-0.15, -0.1) is 11.3 Å². The van der Waals surface area contributed by atoms with Crippen LogP contribution in [0.4, 0.5) is 16.2 Å². The summed E-state index contributed by atoms with van der Waals surface area (Å²) in [6.07, 6.45) is -0.417. The summed E-state index contributed by atoms with van der Waals surface area (Å²) >= 11 is 1.54. The minimum absolute atomic E-state index is 0.417. The first kappa shape index (κ1) is 12.6. The van der Waals surface area contributed by atoms with Crippen molar-refractivity contribution in [2.24, 2.45) is 0 Å². The molecule has 0 fully saturated rings. The minimum atomic E-state index is -0.417. The first-order chi connectivity index (χ1) is 9.79. The van der Waals surface area contributed by atoms with Gasteiger partial charge in [-0.05, 0) is 30.3 Å². The molecule has 0 atom stereocenters. The number of aromatic nitrogens is 1. The molecule has 3 rings (SSSR count). The number of methoxy groups -OCH3 is 1. The third kappa shape index (κ3) is 2.23. The van der Waals surface area contributed by atoms with Gasteiger partial charge in [-0.3, -0.25) is 0 Å². The lowest BCUT2D eigenvalue weighted by atomic mass is 10.2. The second-order valence-electron chi connectivity index (χ2n) is 4.15. The van der Waals surface area contributed by atoms with Crippen molar-refractivity contribution in [2.75, 3.05) is 12.0 Å². The van der Waals surface area contributed by atoms with Crippen molar-refractivity contribution in [1.29, 1.82) is 0 Å². The lowest BCUT2D eigenvalue weighted by molar-refractivity contribution is 0.181. The second-order valence-corrected chi connectivity index (χ2v) is 5.03. The molecule has 0 bridgehead atoms. The molecule has 4 nitrogen and oxygen atoms in total. The van der Waals surface area contributed by atoms with E-state index in [4.69, 9.17) is 4.74 Å². The fraction of sp³-hybridized carbons (Fsp3) is 0.0667. The summed E-state index contributed by atoms with van der Waals surface area (Å²) in [4.78, 5) is 17.9. The van der Waals surface area contributed by atoms with E-state index in [-0.39, 0.29) is 0 Å². The summed E-state index contributed by atoms with van der Waals surface area (Å²) in [6.45, 7) is 0. The van der Waals surface area contributed by atoms with Crippen LogP contribution >= 0.6 is 11.3 Å². The Kier molecular flexibility index (Phi) is 3.35. The molecule has 0 aliphatic carbocycles. The van der Waals surface area contributed by atoms with Crippen LogP contribution in [-0.2, 0) is 4.74 Å². The summed E-state index contributed by atoms with van der Waals surface area (Å²) in [7, 11) is 1.38. The number of amides is 1. The Morgan fingerprint density at radius 2 is 1.95 bits per heavy atom. The maximum absolute atomic E-state index is 12.1. The molecular formula is C15H12N2O2S. The monoisotopic (exact) mass is 284 g/mol. The Balaban J connectivity index is 2.11. The number of carbonyl (C=O) groups excluding carboxylic acids is 1. The molecule has 0 saturated carbocycles. The van der Waals surface area contributed by atoms with Gasteiger partial charge in [-0.1, -0.05) is 18.2 Å². The number of ether oxygens (including phenoxy) is 1. The number of benzene rings is 2. The van der Waals surface area contributed by atoms with E-state index in [1.807, 2.05) is 48.5 Å². The molecule has 0 radical (unpaired) electrons. The van der Waals surface area contributed by atoms with E-state index < -0.39 is 6.09 Å². The molecule has 3 aromatic rings. The Hall–Kier alpha value is -2.40. The summed E-state index contributed by atoms with van der Waals surface area (Å²) in [5.41, 5.74) is 4.25. The van der Waals surface area contributed by atoms with Crippen molar-refractivity contribution < 1.29 is 9.53 Å². The zero-order valence-electron chi connectivity index (χ0n) is 10.8. The summed E-state index contributed by atoms with van der Waals surface area (Å²) < 4.78 is 5.92. The predicted octanol–water partition coefficient (Wildman–Crippen LogP) is 4.20. The Labute approximate surface area is 120 Å². The fourth-order valence-electron chi connectivity index (χ4n) is 2.01. The highest BCUT2D eigenvalue weighted by Gasteiger charge is 2.18. The summed E-state index contributed by atoms with van der Waals surface area (Å²) in [5.74, 6) is 0. The van der Waals surface area contributed by atoms with Crippen LogP contribution in [0.1, 0.15) is 0 Å². The van der Waals surface area contributed by atoms with E-state index in [1.165, 1.54) is 7.11 Å². The number of hydrogen-bond acceptors (Lipinski definition) is 4. The molecule has 0 saturated heterocycles. The number of fused-ring (bicyclic) bond motifs is 1. The number of hydrogen-bond donors (Lipinski definition) is 0. The zero-order chi connectivity index (χ0) is 13.9. The average molecular weight is 284 g/mol. The van der Waals surface area contributed by atoms with Gasteiger partial charge in [0, 0.05) is 0 Å². The van der Waals surface area contributed by atoms with Gasteiger partial charge in [-0.2, -0.15) is 0 Å². The normalized spacial score (nSPS) is 10.4. The van der Waals surface area contributed by atoms with E-state index >= 15 is 0 Å². The number of nitrogens with zero attached hydrogens (tertiary/aromatic N) is 2. The molecule has 0 unspecified atom stereocenters. The topological polar surface area (TPSA) is 42.4 Å². The van der Waals surface area contributed by atoms with E-state index in [0.29, 0.717) is 0 Å². The first-order valence-electron chi connectivity index (χ1n) is 6.06. The highest BCUT2D eigenvalue weighted by atomic mass is 32.1. The van der Waals surface area contributed by atoms with Gasteiger partial charge in [0.05, 0.1) is 34.2 Å². The van der Waals surface area contributed by atoms with Crippen LogP contribution in [0.15, 0.2) is 54.0 Å². The van der Waals surface area contributed by atoms with Crippen molar-refractivity contribution in [3.63, 3.8) is 0 Å². The van der Waals surface area contributed by atoms with Gasteiger partial charge >= 0.3 is 6.09 Å².